The molecule has 1 unspecified atom stereocenters. The highest BCUT2D eigenvalue weighted by Gasteiger charge is 2.30. The van der Waals surface area contributed by atoms with Crippen molar-refractivity contribution in [1.29, 1.82) is 0 Å². The number of ether oxygens (including phenoxy) is 1. The van der Waals surface area contributed by atoms with E-state index in [0.29, 0.717) is 37.0 Å². The van der Waals surface area contributed by atoms with Gasteiger partial charge >= 0.3 is 5.97 Å². The van der Waals surface area contributed by atoms with Crippen LogP contribution >= 0.6 is 0 Å². The van der Waals surface area contributed by atoms with E-state index in [1.165, 1.54) is 7.05 Å². The fourth-order valence-corrected chi connectivity index (χ4v) is 3.28. The SMILES string of the molecule is CNC(=O)C(CCC=O)N(C=O)C(=O)c1cccc(OCCCCCCCC(=O)O)c1C. The number of aldehydes is 1. The number of amides is 3. The van der Waals surface area contributed by atoms with Gasteiger partial charge in [0.05, 0.1) is 6.61 Å². The molecule has 9 heteroatoms. The maximum absolute atomic E-state index is 13.0. The molecule has 0 aliphatic heterocycles. The highest BCUT2D eigenvalue weighted by Crippen LogP contribution is 2.24. The van der Waals surface area contributed by atoms with Crippen LogP contribution in [0, 0.1) is 6.92 Å². The van der Waals surface area contributed by atoms with Crippen LogP contribution in [0.4, 0.5) is 0 Å². The number of unbranched alkanes of at least 4 members (excludes halogenated alkanes) is 4. The van der Waals surface area contributed by atoms with Crippen molar-refractivity contribution in [3.8, 4) is 5.75 Å². The van der Waals surface area contributed by atoms with Gasteiger partial charge in [-0.15, -0.1) is 0 Å². The predicted molar refractivity (Wildman–Crippen MR) is 117 cm³/mol. The smallest absolute Gasteiger partial charge is 0.303 e. The van der Waals surface area contributed by atoms with Crippen LogP contribution in [0.25, 0.3) is 0 Å². The van der Waals surface area contributed by atoms with Crippen LogP contribution in [0.5, 0.6) is 5.75 Å². The summed E-state index contributed by atoms with van der Waals surface area (Å²) in [6, 6.07) is 3.85. The van der Waals surface area contributed by atoms with Crippen LogP contribution in [-0.4, -0.2) is 60.2 Å². The first-order chi connectivity index (χ1) is 15.4. The van der Waals surface area contributed by atoms with Gasteiger partial charge in [0, 0.05) is 31.0 Å². The van der Waals surface area contributed by atoms with Gasteiger partial charge in [-0.2, -0.15) is 0 Å². The second-order valence-corrected chi connectivity index (χ2v) is 7.38. The highest BCUT2D eigenvalue weighted by atomic mass is 16.5. The van der Waals surface area contributed by atoms with Crippen LogP contribution < -0.4 is 10.1 Å². The summed E-state index contributed by atoms with van der Waals surface area (Å²) in [5.41, 5.74) is 0.792. The molecule has 0 saturated heterocycles. The van der Waals surface area contributed by atoms with Gasteiger partial charge < -0.3 is 20.0 Å². The molecule has 1 aromatic rings. The Morgan fingerprint density at radius 3 is 2.44 bits per heavy atom. The lowest BCUT2D eigenvalue weighted by Crippen LogP contribution is -2.48. The van der Waals surface area contributed by atoms with Crippen molar-refractivity contribution in [2.45, 2.75) is 64.3 Å². The van der Waals surface area contributed by atoms with Crippen molar-refractivity contribution in [2.75, 3.05) is 13.7 Å². The van der Waals surface area contributed by atoms with Gasteiger partial charge in [0.2, 0.25) is 12.3 Å². The Hall–Kier alpha value is -3.23. The number of carbonyl (C=O) groups excluding carboxylic acids is 4. The minimum absolute atomic E-state index is 0.0359. The Balaban J connectivity index is 2.76. The summed E-state index contributed by atoms with van der Waals surface area (Å²) in [5.74, 6) is -1.43. The molecule has 3 amide bonds. The molecule has 0 radical (unpaired) electrons. The van der Waals surface area contributed by atoms with E-state index in [9.17, 15) is 24.0 Å². The van der Waals surface area contributed by atoms with Crippen LogP contribution in [0.2, 0.25) is 0 Å². The summed E-state index contributed by atoms with van der Waals surface area (Å²) in [6.45, 7) is 2.15. The first-order valence-corrected chi connectivity index (χ1v) is 10.7. The summed E-state index contributed by atoms with van der Waals surface area (Å²) in [6.07, 6.45) is 5.33. The highest BCUT2D eigenvalue weighted by molar-refractivity contribution is 6.04. The summed E-state index contributed by atoms with van der Waals surface area (Å²) >= 11 is 0. The van der Waals surface area contributed by atoms with E-state index in [0.717, 1.165) is 30.6 Å². The lowest BCUT2D eigenvalue weighted by atomic mass is 10.0. The molecule has 176 valence electrons. The molecular weight excluding hydrogens is 416 g/mol. The number of nitrogens with one attached hydrogen (secondary N) is 1. The molecule has 0 spiro atoms. The number of carboxylic acid groups (broad SMARTS) is 1. The maximum atomic E-state index is 13.0. The van der Waals surface area contributed by atoms with E-state index in [-0.39, 0.29) is 24.8 Å². The third-order valence-electron chi connectivity index (χ3n) is 5.10. The monoisotopic (exact) mass is 448 g/mol. The minimum Gasteiger partial charge on any atom is -0.493 e. The number of rotatable bonds is 16. The lowest BCUT2D eigenvalue weighted by Gasteiger charge is -2.25. The standard InChI is InChI=1S/C23H32N2O7/c1-17-18(23(31)25(16-27)19(11-9-14-26)22(30)24-2)10-8-12-20(17)32-15-7-5-3-4-6-13-21(28)29/h8,10,12,14,16,19H,3-7,9,11,13,15H2,1-2H3,(H,24,30)(H,28,29). The maximum Gasteiger partial charge on any atom is 0.303 e. The molecule has 32 heavy (non-hydrogen) atoms. The number of nitrogens with zero attached hydrogens (tertiary/aromatic N) is 1. The molecule has 0 bridgehead atoms. The van der Waals surface area contributed by atoms with Crippen LogP contribution in [0.3, 0.4) is 0 Å². The van der Waals surface area contributed by atoms with Gasteiger partial charge in [0.15, 0.2) is 0 Å². The summed E-state index contributed by atoms with van der Waals surface area (Å²) < 4.78 is 5.80. The average Bonchev–Trinajstić information content (AvgIpc) is 2.78. The Bertz CT molecular complexity index is 795. The Labute approximate surface area is 188 Å². The average molecular weight is 449 g/mol. The number of carboxylic acids is 1. The van der Waals surface area contributed by atoms with Crippen molar-refractivity contribution >= 4 is 30.5 Å². The van der Waals surface area contributed by atoms with Gasteiger partial charge in [-0.3, -0.25) is 24.1 Å². The number of hydrogen-bond donors (Lipinski definition) is 2. The summed E-state index contributed by atoms with van der Waals surface area (Å²) in [7, 11) is 1.40. The van der Waals surface area contributed by atoms with E-state index >= 15 is 0 Å². The molecule has 1 aromatic carbocycles. The molecule has 0 aliphatic rings. The Morgan fingerprint density at radius 2 is 1.81 bits per heavy atom. The van der Waals surface area contributed by atoms with Gasteiger partial charge in [-0.1, -0.05) is 25.3 Å². The van der Waals surface area contributed by atoms with E-state index < -0.39 is 23.8 Å². The van der Waals surface area contributed by atoms with Gasteiger partial charge in [0.1, 0.15) is 18.1 Å². The third kappa shape index (κ3) is 8.49. The van der Waals surface area contributed by atoms with Gasteiger partial charge in [-0.05, 0) is 38.3 Å². The molecule has 0 aromatic heterocycles. The van der Waals surface area contributed by atoms with Crippen LogP contribution in [0.1, 0.15) is 67.3 Å². The normalized spacial score (nSPS) is 11.3. The zero-order valence-corrected chi connectivity index (χ0v) is 18.7. The number of benzene rings is 1. The fourth-order valence-electron chi connectivity index (χ4n) is 3.28. The first-order valence-electron chi connectivity index (χ1n) is 10.7. The number of hydrogen-bond acceptors (Lipinski definition) is 6. The quantitative estimate of drug-likeness (QED) is 0.293. The number of imide groups is 1. The van der Waals surface area contributed by atoms with E-state index in [1.54, 1.807) is 25.1 Å². The predicted octanol–water partition coefficient (Wildman–Crippen LogP) is 2.49. The third-order valence-corrected chi connectivity index (χ3v) is 5.10. The second kappa shape index (κ2) is 14.7. The molecule has 0 heterocycles. The topological polar surface area (TPSA) is 130 Å². The van der Waals surface area contributed by atoms with Crippen molar-refractivity contribution in [1.82, 2.24) is 10.2 Å². The van der Waals surface area contributed by atoms with Crippen LogP contribution in [0.15, 0.2) is 18.2 Å². The second-order valence-electron chi connectivity index (χ2n) is 7.38. The number of carbonyl (C=O) groups is 5. The molecule has 1 rings (SSSR count). The van der Waals surface area contributed by atoms with Crippen LogP contribution in [-0.2, 0) is 19.2 Å². The van der Waals surface area contributed by atoms with E-state index in [4.69, 9.17) is 9.84 Å². The molecule has 2 N–H and O–H groups in total. The van der Waals surface area contributed by atoms with Crippen molar-refractivity contribution in [3.05, 3.63) is 29.3 Å². The minimum atomic E-state index is -1.08. The first kappa shape index (κ1) is 26.8. The zero-order valence-electron chi connectivity index (χ0n) is 18.7. The molecule has 0 fully saturated rings. The molecule has 9 nitrogen and oxygen atoms in total. The molecular formula is C23H32N2O7. The van der Waals surface area contributed by atoms with Crippen molar-refractivity contribution < 1.29 is 33.8 Å². The molecule has 0 saturated carbocycles. The number of aliphatic carboxylic acids is 1. The molecule has 1 atom stereocenters. The Kier molecular flexibility index (Phi) is 12.3. The van der Waals surface area contributed by atoms with E-state index in [2.05, 4.69) is 5.32 Å². The largest absolute Gasteiger partial charge is 0.493 e. The van der Waals surface area contributed by atoms with Gasteiger partial charge in [0.25, 0.3) is 5.91 Å². The van der Waals surface area contributed by atoms with Crippen molar-refractivity contribution in [3.63, 3.8) is 0 Å². The summed E-state index contributed by atoms with van der Waals surface area (Å²) in [4.78, 5) is 58.9. The van der Waals surface area contributed by atoms with Gasteiger partial charge in [-0.25, -0.2) is 0 Å². The molecule has 0 aliphatic carbocycles. The number of likely N-dealkylation sites (N-methyl/N-ethyl adjacent to an activating group) is 1. The fraction of sp³-hybridized carbons (Fsp3) is 0.522. The Morgan fingerprint density at radius 1 is 1.12 bits per heavy atom. The van der Waals surface area contributed by atoms with E-state index in [1.807, 2.05) is 0 Å². The summed E-state index contributed by atoms with van der Waals surface area (Å²) in [5, 5.41) is 11.0. The zero-order chi connectivity index (χ0) is 23.9. The van der Waals surface area contributed by atoms with Crippen molar-refractivity contribution in [2.24, 2.45) is 0 Å². The lowest BCUT2D eigenvalue weighted by molar-refractivity contribution is -0.137.